The summed E-state index contributed by atoms with van der Waals surface area (Å²) in [6.45, 7) is 4.99. The van der Waals surface area contributed by atoms with Gasteiger partial charge in [-0.25, -0.2) is 0 Å². The van der Waals surface area contributed by atoms with Gasteiger partial charge in [0.25, 0.3) is 11.7 Å². The van der Waals surface area contributed by atoms with E-state index in [0.717, 1.165) is 19.3 Å². The number of likely N-dealkylation sites (tertiary alicyclic amines) is 1. The van der Waals surface area contributed by atoms with E-state index in [2.05, 4.69) is 6.92 Å². The number of aliphatic hydroxyl groups excluding tert-OH is 1. The minimum Gasteiger partial charge on any atom is -0.507 e. The molecule has 36 heavy (non-hydrogen) atoms. The molecule has 3 rings (SSSR count). The molecule has 2 aromatic rings. The number of Topliss-reactive ketones (excluding diaryl/α,β-unsaturated/α-hetero) is 1. The molecule has 1 heterocycles. The van der Waals surface area contributed by atoms with E-state index in [1.165, 1.54) is 25.2 Å². The van der Waals surface area contributed by atoms with Gasteiger partial charge in [0.2, 0.25) is 0 Å². The van der Waals surface area contributed by atoms with E-state index in [-0.39, 0.29) is 32.7 Å². The molecule has 2 aromatic carbocycles. The van der Waals surface area contributed by atoms with Crippen LogP contribution in [0, 0.1) is 0 Å². The Bertz CT molecular complexity index is 1150. The second-order valence-electron chi connectivity index (χ2n) is 8.40. The van der Waals surface area contributed by atoms with Gasteiger partial charge in [0.1, 0.15) is 16.5 Å². The molecule has 1 aliphatic heterocycles. The van der Waals surface area contributed by atoms with Crippen molar-refractivity contribution in [1.29, 1.82) is 0 Å². The fourth-order valence-corrected chi connectivity index (χ4v) is 4.97. The fraction of sp³-hybridized carbons (Fsp3) is 0.407. The van der Waals surface area contributed by atoms with Crippen LogP contribution in [0.1, 0.15) is 56.7 Å². The van der Waals surface area contributed by atoms with Gasteiger partial charge in [0, 0.05) is 6.54 Å². The first-order chi connectivity index (χ1) is 17.3. The van der Waals surface area contributed by atoms with Crippen molar-refractivity contribution in [1.82, 2.24) is 4.90 Å². The third-order valence-electron chi connectivity index (χ3n) is 6.01. The van der Waals surface area contributed by atoms with Crippen LogP contribution in [0.3, 0.4) is 0 Å². The lowest BCUT2D eigenvalue weighted by Crippen LogP contribution is -2.30. The number of methoxy groups -OCH3 is 2. The summed E-state index contributed by atoms with van der Waals surface area (Å²) >= 11 is 12.7. The van der Waals surface area contributed by atoms with Gasteiger partial charge in [-0.15, -0.1) is 0 Å². The molecule has 1 atom stereocenters. The Morgan fingerprint density at radius 2 is 1.67 bits per heavy atom. The molecule has 1 saturated heterocycles. The van der Waals surface area contributed by atoms with E-state index < -0.39 is 23.5 Å². The maximum absolute atomic E-state index is 13.2. The van der Waals surface area contributed by atoms with Crippen LogP contribution in [0.4, 0.5) is 0 Å². The van der Waals surface area contributed by atoms with Crippen molar-refractivity contribution in [3.05, 3.63) is 57.1 Å². The highest BCUT2D eigenvalue weighted by Crippen LogP contribution is 2.47. The zero-order valence-corrected chi connectivity index (χ0v) is 22.4. The minimum absolute atomic E-state index is 0.0398. The van der Waals surface area contributed by atoms with E-state index >= 15 is 0 Å². The van der Waals surface area contributed by atoms with Crippen LogP contribution in [-0.4, -0.2) is 49.1 Å². The Morgan fingerprint density at radius 1 is 1.00 bits per heavy atom. The summed E-state index contributed by atoms with van der Waals surface area (Å²) in [6.07, 6.45) is 3.79. The molecule has 0 spiro atoms. The summed E-state index contributed by atoms with van der Waals surface area (Å²) < 4.78 is 16.4. The van der Waals surface area contributed by atoms with E-state index in [0.29, 0.717) is 30.9 Å². The topological polar surface area (TPSA) is 85.3 Å². The van der Waals surface area contributed by atoms with Gasteiger partial charge < -0.3 is 24.2 Å². The molecule has 7 nitrogen and oxygen atoms in total. The normalized spacial score (nSPS) is 16.9. The highest BCUT2D eigenvalue weighted by atomic mass is 35.5. The zero-order valence-electron chi connectivity index (χ0n) is 20.9. The van der Waals surface area contributed by atoms with Gasteiger partial charge in [0.05, 0.1) is 43.0 Å². The number of nitrogens with zero attached hydrogens (tertiary/aromatic N) is 1. The van der Waals surface area contributed by atoms with Crippen molar-refractivity contribution in [2.24, 2.45) is 0 Å². The number of amides is 1. The van der Waals surface area contributed by atoms with Crippen molar-refractivity contribution >= 4 is 40.7 Å². The van der Waals surface area contributed by atoms with Gasteiger partial charge in [-0.3, -0.25) is 9.59 Å². The molecule has 0 bridgehead atoms. The quantitative estimate of drug-likeness (QED) is 0.155. The number of carbonyl (C=O) groups excluding carboxylic acids is 2. The highest BCUT2D eigenvalue weighted by Gasteiger charge is 2.46. The number of rotatable bonds is 11. The number of hydrogen-bond acceptors (Lipinski definition) is 6. The van der Waals surface area contributed by atoms with E-state index in [9.17, 15) is 14.7 Å². The summed E-state index contributed by atoms with van der Waals surface area (Å²) in [5.41, 5.74) is 0.680. The molecule has 0 radical (unpaired) electrons. The monoisotopic (exact) mass is 535 g/mol. The van der Waals surface area contributed by atoms with Crippen LogP contribution in [-0.2, 0) is 9.59 Å². The van der Waals surface area contributed by atoms with Crippen LogP contribution in [0.2, 0.25) is 10.0 Å². The molecular weight excluding hydrogens is 505 g/mol. The number of unbranched alkanes of at least 4 members (excludes halogenated alkanes) is 2. The number of halogens is 2. The molecule has 0 saturated carbocycles. The minimum atomic E-state index is -0.802. The SMILES string of the molecule is CCCCCOc1ccc(C2/C(=C(\O)c3cc(Cl)c(OC)c(Cl)c3OC)C(=O)C(=O)N2CCC)cc1. The average Bonchev–Trinajstić information content (AvgIpc) is 3.12. The third kappa shape index (κ3) is 5.42. The average molecular weight is 536 g/mol. The van der Waals surface area contributed by atoms with E-state index in [1.807, 2.05) is 6.92 Å². The van der Waals surface area contributed by atoms with Crippen LogP contribution >= 0.6 is 23.2 Å². The lowest BCUT2D eigenvalue weighted by molar-refractivity contribution is -0.139. The maximum atomic E-state index is 13.2. The van der Waals surface area contributed by atoms with Gasteiger partial charge >= 0.3 is 0 Å². The Kier molecular flexibility index (Phi) is 9.51. The maximum Gasteiger partial charge on any atom is 0.295 e. The molecule has 194 valence electrons. The molecule has 0 aromatic heterocycles. The number of ether oxygens (including phenoxy) is 3. The molecule has 1 aliphatic rings. The van der Waals surface area contributed by atoms with Crippen LogP contribution in [0.5, 0.6) is 17.2 Å². The molecule has 9 heteroatoms. The second-order valence-corrected chi connectivity index (χ2v) is 9.19. The summed E-state index contributed by atoms with van der Waals surface area (Å²) in [5, 5.41) is 11.5. The van der Waals surface area contributed by atoms with Crippen molar-refractivity contribution in [2.45, 2.75) is 45.6 Å². The Morgan fingerprint density at radius 3 is 2.25 bits per heavy atom. The summed E-state index contributed by atoms with van der Waals surface area (Å²) in [7, 11) is 2.78. The summed E-state index contributed by atoms with van der Waals surface area (Å²) in [4.78, 5) is 27.6. The molecule has 0 aliphatic carbocycles. The van der Waals surface area contributed by atoms with Gasteiger partial charge in [-0.2, -0.15) is 0 Å². The molecule has 1 unspecified atom stereocenters. The van der Waals surface area contributed by atoms with Gasteiger partial charge in [-0.05, 0) is 36.6 Å². The number of aliphatic hydroxyl groups is 1. The first-order valence-corrected chi connectivity index (χ1v) is 12.7. The Hall–Kier alpha value is -2.90. The van der Waals surface area contributed by atoms with Crippen molar-refractivity contribution in [3.8, 4) is 17.2 Å². The van der Waals surface area contributed by atoms with Gasteiger partial charge in [-0.1, -0.05) is 62.0 Å². The molecule has 1 N–H and O–H groups in total. The van der Waals surface area contributed by atoms with Crippen LogP contribution in [0.15, 0.2) is 35.9 Å². The summed E-state index contributed by atoms with van der Waals surface area (Å²) in [5.74, 6) is -0.974. The lowest BCUT2D eigenvalue weighted by Gasteiger charge is -2.25. The Labute approximate surface area is 221 Å². The number of ketones is 1. The third-order valence-corrected chi connectivity index (χ3v) is 6.64. The standard InChI is InChI=1S/C27H31Cl2NO6/c1-5-7-8-14-36-17-11-9-16(10-12-17)22-20(24(32)27(33)30(22)13-6-2)23(31)18-15-19(28)26(35-4)21(29)25(18)34-3/h9-12,15,22,31H,5-8,13-14H2,1-4H3/b23-20+. The first kappa shape index (κ1) is 27.7. The molecule has 1 fully saturated rings. The molecular formula is C27H31Cl2NO6. The summed E-state index contributed by atoms with van der Waals surface area (Å²) in [6, 6.07) is 7.80. The number of hydrogen-bond donors (Lipinski definition) is 1. The van der Waals surface area contributed by atoms with E-state index in [4.69, 9.17) is 37.4 Å². The predicted octanol–water partition coefficient (Wildman–Crippen LogP) is 6.41. The largest absolute Gasteiger partial charge is 0.507 e. The number of benzene rings is 2. The van der Waals surface area contributed by atoms with Crippen LogP contribution < -0.4 is 14.2 Å². The van der Waals surface area contributed by atoms with E-state index in [1.54, 1.807) is 24.3 Å². The first-order valence-electron chi connectivity index (χ1n) is 11.9. The molecule has 1 amide bonds. The van der Waals surface area contributed by atoms with Gasteiger partial charge in [0.15, 0.2) is 11.5 Å². The predicted molar refractivity (Wildman–Crippen MR) is 140 cm³/mol. The van der Waals surface area contributed by atoms with Crippen molar-refractivity contribution in [3.63, 3.8) is 0 Å². The lowest BCUT2D eigenvalue weighted by atomic mass is 9.94. The second kappa shape index (κ2) is 12.4. The highest BCUT2D eigenvalue weighted by molar-refractivity contribution is 6.47. The van der Waals surface area contributed by atoms with Crippen molar-refractivity contribution < 1.29 is 28.9 Å². The smallest absolute Gasteiger partial charge is 0.295 e. The number of carbonyl (C=O) groups is 2. The Balaban J connectivity index is 2.11. The van der Waals surface area contributed by atoms with Crippen molar-refractivity contribution in [2.75, 3.05) is 27.4 Å². The fourth-order valence-electron chi connectivity index (χ4n) is 4.28. The van der Waals surface area contributed by atoms with Crippen LogP contribution in [0.25, 0.3) is 5.76 Å². The zero-order chi connectivity index (χ0) is 26.4.